The number of halogens is 1. The first-order valence-electron chi connectivity index (χ1n) is 8.32. The molecule has 2 aromatic rings. The average Bonchev–Trinajstić information content (AvgIpc) is 2.68. The minimum Gasteiger partial charge on any atom is -0.494 e. The number of hydrogen-bond acceptors (Lipinski definition) is 7. The summed E-state index contributed by atoms with van der Waals surface area (Å²) in [6.45, 7) is 4.31. The van der Waals surface area contributed by atoms with E-state index in [-0.39, 0.29) is 11.8 Å². The van der Waals surface area contributed by atoms with Gasteiger partial charge in [0.25, 0.3) is 0 Å². The Kier molecular flexibility index (Phi) is 5.45. The highest BCUT2D eigenvalue weighted by Gasteiger charge is 2.23. The molecule has 1 aromatic heterocycles. The maximum absolute atomic E-state index is 13.9. The van der Waals surface area contributed by atoms with Crippen LogP contribution in [0.15, 0.2) is 24.4 Å². The molecule has 0 atom stereocenters. The molecule has 3 rings (SSSR count). The molecule has 1 fully saturated rings. The summed E-state index contributed by atoms with van der Waals surface area (Å²) in [6, 6.07) is 4.62. The van der Waals surface area contributed by atoms with E-state index in [4.69, 9.17) is 9.47 Å². The van der Waals surface area contributed by atoms with E-state index in [1.807, 2.05) is 4.90 Å². The molecule has 2 heterocycles. The van der Waals surface area contributed by atoms with Gasteiger partial charge in [-0.3, -0.25) is 0 Å². The molecule has 1 aromatic carbocycles. The number of benzene rings is 1. The fraction of sp³-hybridized carbons (Fsp3) is 0.412. The van der Waals surface area contributed by atoms with Crippen molar-refractivity contribution in [2.24, 2.45) is 0 Å². The summed E-state index contributed by atoms with van der Waals surface area (Å²) in [6.07, 6.45) is 1.17. The van der Waals surface area contributed by atoms with Crippen molar-refractivity contribution in [3.63, 3.8) is 0 Å². The molecule has 0 bridgehead atoms. The van der Waals surface area contributed by atoms with Crippen LogP contribution in [0.25, 0.3) is 11.3 Å². The van der Waals surface area contributed by atoms with Crippen LogP contribution in [0.1, 0.15) is 6.92 Å². The normalized spacial score (nSPS) is 14.3. The zero-order chi connectivity index (χ0) is 18.5. The van der Waals surface area contributed by atoms with Crippen molar-refractivity contribution in [3.05, 3.63) is 30.2 Å². The first-order chi connectivity index (χ1) is 12.6. The third-order valence-corrected chi connectivity index (χ3v) is 4.08. The van der Waals surface area contributed by atoms with E-state index in [0.717, 1.165) is 0 Å². The number of carbonyl (C=O) groups is 1. The molecule has 1 aliphatic rings. The van der Waals surface area contributed by atoms with E-state index >= 15 is 0 Å². The summed E-state index contributed by atoms with van der Waals surface area (Å²) < 4.78 is 23.9. The van der Waals surface area contributed by atoms with Crippen LogP contribution in [-0.2, 0) is 4.74 Å². The molecule has 8 nitrogen and oxygen atoms in total. The van der Waals surface area contributed by atoms with Gasteiger partial charge < -0.3 is 19.3 Å². The number of carbonyl (C=O) groups excluding carboxylic acids is 1. The van der Waals surface area contributed by atoms with Crippen LogP contribution in [0.5, 0.6) is 5.75 Å². The third-order valence-electron chi connectivity index (χ3n) is 4.08. The standard InChI is InChI=1S/C17H20FN5O3/c1-3-26-17(24)23-8-6-22(7-9-23)16-20-14(11-19-21-16)12-4-5-15(25-2)13(18)10-12/h4-5,10-11H,3,6-9H2,1-2H3. The Balaban J connectivity index is 1.72. The Bertz CT molecular complexity index is 781. The Morgan fingerprint density at radius 2 is 2.04 bits per heavy atom. The Labute approximate surface area is 150 Å². The van der Waals surface area contributed by atoms with Crippen LogP contribution < -0.4 is 9.64 Å². The number of ether oxygens (including phenoxy) is 2. The fourth-order valence-electron chi connectivity index (χ4n) is 2.70. The SMILES string of the molecule is CCOC(=O)N1CCN(c2nncc(-c3ccc(OC)c(F)c3)n2)CC1. The number of anilines is 1. The summed E-state index contributed by atoms with van der Waals surface area (Å²) in [5, 5.41) is 8.04. The number of rotatable bonds is 4. The Morgan fingerprint density at radius 3 is 2.69 bits per heavy atom. The molecule has 9 heteroatoms. The second-order valence-corrected chi connectivity index (χ2v) is 5.66. The van der Waals surface area contributed by atoms with E-state index in [1.165, 1.54) is 19.4 Å². The lowest BCUT2D eigenvalue weighted by Gasteiger charge is -2.33. The largest absolute Gasteiger partial charge is 0.494 e. The van der Waals surface area contributed by atoms with Gasteiger partial charge in [0.1, 0.15) is 0 Å². The Hall–Kier alpha value is -2.97. The van der Waals surface area contributed by atoms with Crippen molar-refractivity contribution in [1.29, 1.82) is 0 Å². The van der Waals surface area contributed by atoms with Crippen molar-refractivity contribution in [2.75, 3.05) is 44.8 Å². The van der Waals surface area contributed by atoms with Crippen molar-refractivity contribution < 1.29 is 18.7 Å². The quantitative estimate of drug-likeness (QED) is 0.823. The molecule has 0 aliphatic carbocycles. The highest BCUT2D eigenvalue weighted by atomic mass is 19.1. The number of aromatic nitrogens is 3. The van der Waals surface area contributed by atoms with Gasteiger partial charge in [0.2, 0.25) is 5.95 Å². The van der Waals surface area contributed by atoms with Crippen LogP contribution in [0.3, 0.4) is 0 Å². The molecular weight excluding hydrogens is 341 g/mol. The highest BCUT2D eigenvalue weighted by molar-refractivity contribution is 5.68. The summed E-state index contributed by atoms with van der Waals surface area (Å²) in [5.41, 5.74) is 1.11. The second kappa shape index (κ2) is 7.94. The number of amides is 1. The van der Waals surface area contributed by atoms with E-state index in [1.54, 1.807) is 24.0 Å². The summed E-state index contributed by atoms with van der Waals surface area (Å²) in [4.78, 5) is 19.8. The topological polar surface area (TPSA) is 80.7 Å². The van der Waals surface area contributed by atoms with Gasteiger partial charge >= 0.3 is 6.09 Å². The predicted octanol–water partition coefficient (Wildman–Crippen LogP) is 1.96. The molecule has 26 heavy (non-hydrogen) atoms. The van der Waals surface area contributed by atoms with E-state index < -0.39 is 5.82 Å². The number of piperazine rings is 1. The van der Waals surface area contributed by atoms with Crippen LogP contribution >= 0.6 is 0 Å². The molecule has 1 amide bonds. The van der Waals surface area contributed by atoms with Gasteiger partial charge in [-0.1, -0.05) is 0 Å². The fourth-order valence-corrected chi connectivity index (χ4v) is 2.70. The van der Waals surface area contributed by atoms with Crippen LogP contribution in [0, 0.1) is 5.82 Å². The van der Waals surface area contributed by atoms with Crippen molar-refractivity contribution in [1.82, 2.24) is 20.1 Å². The Morgan fingerprint density at radius 1 is 1.27 bits per heavy atom. The highest BCUT2D eigenvalue weighted by Crippen LogP contribution is 2.24. The lowest BCUT2D eigenvalue weighted by Crippen LogP contribution is -2.49. The maximum atomic E-state index is 13.9. The molecule has 0 radical (unpaired) electrons. The van der Waals surface area contributed by atoms with Crippen molar-refractivity contribution >= 4 is 12.0 Å². The van der Waals surface area contributed by atoms with Crippen LogP contribution in [0.2, 0.25) is 0 Å². The van der Waals surface area contributed by atoms with Gasteiger partial charge in [-0.05, 0) is 25.1 Å². The minimum atomic E-state index is -0.465. The van der Waals surface area contributed by atoms with Gasteiger partial charge in [0.05, 0.1) is 25.6 Å². The zero-order valence-corrected chi connectivity index (χ0v) is 14.7. The zero-order valence-electron chi connectivity index (χ0n) is 14.7. The van der Waals surface area contributed by atoms with Crippen LogP contribution in [-0.4, -0.2) is 66.1 Å². The van der Waals surface area contributed by atoms with E-state index in [0.29, 0.717) is 50.0 Å². The first kappa shape index (κ1) is 17.8. The van der Waals surface area contributed by atoms with Crippen molar-refractivity contribution in [2.45, 2.75) is 6.92 Å². The molecular formula is C17H20FN5O3. The maximum Gasteiger partial charge on any atom is 0.409 e. The van der Waals surface area contributed by atoms with Crippen LogP contribution in [0.4, 0.5) is 15.1 Å². The van der Waals surface area contributed by atoms with Gasteiger partial charge in [-0.2, -0.15) is 5.10 Å². The lowest BCUT2D eigenvalue weighted by atomic mass is 10.1. The number of nitrogens with zero attached hydrogens (tertiary/aromatic N) is 5. The molecule has 0 N–H and O–H groups in total. The van der Waals surface area contributed by atoms with Gasteiger partial charge in [0, 0.05) is 31.7 Å². The van der Waals surface area contributed by atoms with Gasteiger partial charge in [0.15, 0.2) is 11.6 Å². The third kappa shape index (κ3) is 3.81. The smallest absolute Gasteiger partial charge is 0.409 e. The van der Waals surface area contributed by atoms with E-state index in [2.05, 4.69) is 15.2 Å². The number of hydrogen-bond donors (Lipinski definition) is 0. The second-order valence-electron chi connectivity index (χ2n) is 5.66. The monoisotopic (exact) mass is 361 g/mol. The molecule has 1 saturated heterocycles. The number of methoxy groups -OCH3 is 1. The lowest BCUT2D eigenvalue weighted by molar-refractivity contribution is 0.105. The van der Waals surface area contributed by atoms with Gasteiger partial charge in [-0.25, -0.2) is 14.2 Å². The molecule has 0 spiro atoms. The molecule has 0 saturated carbocycles. The summed E-state index contributed by atoms with van der Waals surface area (Å²) >= 11 is 0. The summed E-state index contributed by atoms with van der Waals surface area (Å²) in [5.74, 6) is 0.154. The van der Waals surface area contributed by atoms with E-state index in [9.17, 15) is 9.18 Å². The average molecular weight is 361 g/mol. The summed E-state index contributed by atoms with van der Waals surface area (Å²) in [7, 11) is 1.42. The minimum absolute atomic E-state index is 0.172. The predicted molar refractivity (Wildman–Crippen MR) is 92.6 cm³/mol. The first-order valence-corrected chi connectivity index (χ1v) is 8.32. The van der Waals surface area contributed by atoms with Gasteiger partial charge in [-0.15, -0.1) is 5.10 Å². The molecule has 0 unspecified atom stereocenters. The molecule has 138 valence electrons. The van der Waals surface area contributed by atoms with Crippen molar-refractivity contribution in [3.8, 4) is 17.0 Å². The molecule has 1 aliphatic heterocycles.